The Morgan fingerprint density at radius 2 is 2.29 bits per heavy atom. The van der Waals surface area contributed by atoms with Crippen molar-refractivity contribution < 1.29 is 4.79 Å². The van der Waals surface area contributed by atoms with Crippen molar-refractivity contribution in [1.82, 2.24) is 25.5 Å². The zero-order chi connectivity index (χ0) is 15.4. The van der Waals surface area contributed by atoms with Crippen LogP contribution in [0.5, 0.6) is 0 Å². The molecule has 0 fully saturated rings. The number of fused-ring (bicyclic) bond motifs is 1. The standard InChI is InChI=1S/C15H27N5O/c1-10(2)5-11(8-20(3)4)19-15(21)13-6-12-14(7-16-13)18-9-17-12/h9-11,13,16H,5-8H2,1-4H3,(H,17,18)(H,19,21). The quantitative estimate of drug-likeness (QED) is 0.715. The van der Waals surface area contributed by atoms with Crippen LogP contribution in [0.15, 0.2) is 6.33 Å². The third-order valence-corrected chi connectivity index (χ3v) is 3.73. The van der Waals surface area contributed by atoms with Gasteiger partial charge in [-0.2, -0.15) is 0 Å². The molecule has 1 amide bonds. The molecule has 0 aromatic carbocycles. The number of nitrogens with zero attached hydrogens (tertiary/aromatic N) is 2. The van der Waals surface area contributed by atoms with Gasteiger partial charge in [-0.25, -0.2) is 4.98 Å². The molecule has 2 unspecified atom stereocenters. The first-order chi connectivity index (χ1) is 9.95. The number of H-pyrrole nitrogens is 1. The third-order valence-electron chi connectivity index (χ3n) is 3.73. The van der Waals surface area contributed by atoms with E-state index >= 15 is 0 Å². The number of nitrogens with one attached hydrogen (secondary N) is 3. The molecular formula is C15H27N5O. The van der Waals surface area contributed by atoms with Crippen molar-refractivity contribution >= 4 is 5.91 Å². The maximum absolute atomic E-state index is 12.5. The molecule has 0 spiro atoms. The zero-order valence-corrected chi connectivity index (χ0v) is 13.4. The van der Waals surface area contributed by atoms with Gasteiger partial charge in [0.2, 0.25) is 5.91 Å². The van der Waals surface area contributed by atoms with Crippen LogP contribution in [0.25, 0.3) is 0 Å². The number of aromatic nitrogens is 2. The molecule has 1 aliphatic rings. The van der Waals surface area contributed by atoms with E-state index in [1.807, 2.05) is 14.1 Å². The average Bonchev–Trinajstić information content (AvgIpc) is 2.83. The maximum Gasteiger partial charge on any atom is 0.237 e. The number of imidazole rings is 1. The SMILES string of the molecule is CC(C)CC(CN(C)C)NC(=O)C1Cc2nc[nH]c2CN1. The Kier molecular flexibility index (Phi) is 5.36. The summed E-state index contributed by atoms with van der Waals surface area (Å²) in [5.74, 6) is 0.642. The van der Waals surface area contributed by atoms with E-state index < -0.39 is 0 Å². The molecule has 0 saturated heterocycles. The van der Waals surface area contributed by atoms with Crippen LogP contribution in [0.2, 0.25) is 0 Å². The first kappa shape index (κ1) is 16.0. The van der Waals surface area contributed by atoms with E-state index in [1.54, 1.807) is 6.33 Å². The number of hydrogen-bond acceptors (Lipinski definition) is 4. The molecule has 0 saturated carbocycles. The molecule has 2 atom stereocenters. The second-order valence-electron chi connectivity index (χ2n) is 6.56. The molecule has 0 aliphatic carbocycles. The number of carbonyl (C=O) groups excluding carboxylic acids is 1. The summed E-state index contributed by atoms with van der Waals surface area (Å²) in [6.07, 6.45) is 3.34. The fraction of sp³-hybridized carbons (Fsp3) is 0.733. The van der Waals surface area contributed by atoms with Crippen LogP contribution in [0.4, 0.5) is 0 Å². The van der Waals surface area contributed by atoms with E-state index in [4.69, 9.17) is 0 Å². The normalized spacial score (nSPS) is 19.6. The van der Waals surface area contributed by atoms with Crippen LogP contribution in [0.3, 0.4) is 0 Å². The van der Waals surface area contributed by atoms with E-state index in [2.05, 4.69) is 39.3 Å². The number of likely N-dealkylation sites (N-methyl/N-ethyl adjacent to an activating group) is 1. The van der Waals surface area contributed by atoms with Gasteiger partial charge in [-0.15, -0.1) is 0 Å². The van der Waals surface area contributed by atoms with Gasteiger partial charge in [0.25, 0.3) is 0 Å². The Labute approximate surface area is 126 Å². The Morgan fingerprint density at radius 1 is 1.52 bits per heavy atom. The lowest BCUT2D eigenvalue weighted by molar-refractivity contribution is -0.124. The van der Waals surface area contributed by atoms with Gasteiger partial charge in [-0.05, 0) is 26.4 Å². The average molecular weight is 293 g/mol. The highest BCUT2D eigenvalue weighted by Gasteiger charge is 2.27. The lowest BCUT2D eigenvalue weighted by atomic mass is 10.0. The summed E-state index contributed by atoms with van der Waals surface area (Å²) in [6, 6.07) is 0.00695. The highest BCUT2D eigenvalue weighted by Crippen LogP contribution is 2.13. The molecule has 0 radical (unpaired) electrons. The highest BCUT2D eigenvalue weighted by atomic mass is 16.2. The van der Waals surface area contributed by atoms with Crippen molar-refractivity contribution in [3.05, 3.63) is 17.7 Å². The van der Waals surface area contributed by atoms with Crippen LogP contribution >= 0.6 is 0 Å². The van der Waals surface area contributed by atoms with E-state index in [1.165, 1.54) is 0 Å². The molecule has 6 nitrogen and oxygen atoms in total. The lowest BCUT2D eigenvalue weighted by Crippen LogP contribution is -2.52. The molecule has 0 bridgehead atoms. The Bertz CT molecular complexity index is 458. The van der Waals surface area contributed by atoms with Gasteiger partial charge in [-0.1, -0.05) is 13.8 Å². The monoisotopic (exact) mass is 293 g/mol. The minimum absolute atomic E-state index is 0.0798. The summed E-state index contributed by atoms with van der Waals surface area (Å²) in [6.45, 7) is 5.91. The van der Waals surface area contributed by atoms with Gasteiger partial charge in [0.15, 0.2) is 0 Å². The van der Waals surface area contributed by atoms with E-state index in [0.29, 0.717) is 18.9 Å². The number of hydrogen-bond donors (Lipinski definition) is 3. The highest BCUT2D eigenvalue weighted by molar-refractivity contribution is 5.82. The predicted octanol–water partition coefficient (Wildman–Crippen LogP) is 0.517. The second-order valence-corrected chi connectivity index (χ2v) is 6.56. The van der Waals surface area contributed by atoms with Gasteiger partial charge in [0.05, 0.1) is 23.8 Å². The number of amides is 1. The number of carbonyl (C=O) groups is 1. The summed E-state index contributed by atoms with van der Waals surface area (Å²) in [4.78, 5) is 22.0. The van der Waals surface area contributed by atoms with Crippen LogP contribution in [0, 0.1) is 5.92 Å². The molecule has 6 heteroatoms. The van der Waals surface area contributed by atoms with Crippen molar-refractivity contribution in [2.75, 3.05) is 20.6 Å². The van der Waals surface area contributed by atoms with Crippen LogP contribution in [-0.4, -0.2) is 53.5 Å². The van der Waals surface area contributed by atoms with E-state index in [-0.39, 0.29) is 18.0 Å². The molecule has 2 rings (SSSR count). The van der Waals surface area contributed by atoms with Crippen LogP contribution in [0.1, 0.15) is 31.7 Å². The first-order valence-corrected chi connectivity index (χ1v) is 7.65. The topological polar surface area (TPSA) is 73.0 Å². The summed E-state index contributed by atoms with van der Waals surface area (Å²) in [5.41, 5.74) is 2.09. The molecule has 1 aromatic heterocycles. The zero-order valence-electron chi connectivity index (χ0n) is 13.4. The van der Waals surface area contributed by atoms with Crippen LogP contribution in [-0.2, 0) is 17.8 Å². The van der Waals surface area contributed by atoms with Crippen molar-refractivity contribution in [2.45, 2.75) is 45.3 Å². The van der Waals surface area contributed by atoms with E-state index in [9.17, 15) is 4.79 Å². The van der Waals surface area contributed by atoms with Gasteiger partial charge in [-0.3, -0.25) is 10.1 Å². The molecule has 21 heavy (non-hydrogen) atoms. The van der Waals surface area contributed by atoms with Crippen LogP contribution < -0.4 is 10.6 Å². The fourth-order valence-electron chi connectivity index (χ4n) is 2.85. The Balaban J connectivity index is 1.92. The Morgan fingerprint density at radius 3 is 2.95 bits per heavy atom. The first-order valence-electron chi connectivity index (χ1n) is 7.65. The summed E-state index contributed by atoms with van der Waals surface area (Å²) < 4.78 is 0. The molecule has 1 aromatic rings. The second kappa shape index (κ2) is 7.04. The molecule has 118 valence electrons. The lowest BCUT2D eigenvalue weighted by Gasteiger charge is -2.28. The minimum Gasteiger partial charge on any atom is -0.351 e. The van der Waals surface area contributed by atoms with Gasteiger partial charge >= 0.3 is 0 Å². The predicted molar refractivity (Wildman–Crippen MR) is 82.9 cm³/mol. The molecule has 1 aliphatic heterocycles. The van der Waals surface area contributed by atoms with Crippen molar-refractivity contribution in [1.29, 1.82) is 0 Å². The maximum atomic E-state index is 12.5. The van der Waals surface area contributed by atoms with Crippen molar-refractivity contribution in [3.63, 3.8) is 0 Å². The number of rotatable bonds is 6. The smallest absolute Gasteiger partial charge is 0.237 e. The molecular weight excluding hydrogens is 266 g/mol. The van der Waals surface area contributed by atoms with Gasteiger partial charge < -0.3 is 15.2 Å². The summed E-state index contributed by atoms with van der Waals surface area (Å²) >= 11 is 0. The van der Waals surface area contributed by atoms with Crippen molar-refractivity contribution in [3.8, 4) is 0 Å². The molecule has 2 heterocycles. The molecule has 3 N–H and O–H groups in total. The Hall–Kier alpha value is -1.40. The minimum atomic E-state index is -0.183. The fourth-order valence-corrected chi connectivity index (χ4v) is 2.85. The summed E-state index contributed by atoms with van der Waals surface area (Å²) in [5, 5.41) is 6.47. The van der Waals surface area contributed by atoms with E-state index in [0.717, 1.165) is 24.4 Å². The largest absolute Gasteiger partial charge is 0.351 e. The van der Waals surface area contributed by atoms with Crippen molar-refractivity contribution in [2.24, 2.45) is 5.92 Å². The number of aromatic amines is 1. The summed E-state index contributed by atoms with van der Waals surface area (Å²) in [7, 11) is 4.07. The van der Waals surface area contributed by atoms with Gasteiger partial charge in [0, 0.05) is 25.6 Å². The van der Waals surface area contributed by atoms with Gasteiger partial charge in [0.1, 0.15) is 0 Å². The third kappa shape index (κ3) is 4.54.